The van der Waals surface area contributed by atoms with Crippen LogP contribution in [0.25, 0.3) is 11.1 Å². The van der Waals surface area contributed by atoms with Gasteiger partial charge in [-0.15, -0.1) is 0 Å². The first-order valence-electron chi connectivity index (χ1n) is 6.14. The van der Waals surface area contributed by atoms with Crippen LogP contribution >= 0.6 is 0 Å². The molecule has 2 rings (SSSR count). The number of hydrogen-bond donors (Lipinski definition) is 1. The highest BCUT2D eigenvalue weighted by Gasteiger charge is 2.12. The highest BCUT2D eigenvalue weighted by atomic mass is 16.6. The van der Waals surface area contributed by atoms with Crippen LogP contribution in [0, 0.1) is 10.1 Å². The van der Waals surface area contributed by atoms with Crippen molar-refractivity contribution in [1.29, 1.82) is 0 Å². The SMILES string of the molecule is CNC(C)c1ccccc1-c1cccc([N+](=O)[O-])c1. The Hall–Kier alpha value is -2.20. The van der Waals surface area contributed by atoms with E-state index in [0.29, 0.717) is 0 Å². The average molecular weight is 256 g/mol. The molecule has 0 bridgehead atoms. The van der Waals surface area contributed by atoms with Gasteiger partial charge in [-0.25, -0.2) is 0 Å². The fourth-order valence-corrected chi connectivity index (χ4v) is 2.08. The van der Waals surface area contributed by atoms with Crippen molar-refractivity contribution in [2.24, 2.45) is 0 Å². The molecule has 0 saturated heterocycles. The lowest BCUT2D eigenvalue weighted by molar-refractivity contribution is -0.384. The van der Waals surface area contributed by atoms with Gasteiger partial charge in [0.05, 0.1) is 4.92 Å². The summed E-state index contributed by atoms with van der Waals surface area (Å²) in [5, 5.41) is 14.0. The van der Waals surface area contributed by atoms with Gasteiger partial charge in [-0.05, 0) is 30.7 Å². The van der Waals surface area contributed by atoms with Gasteiger partial charge in [0, 0.05) is 18.2 Å². The minimum atomic E-state index is -0.367. The van der Waals surface area contributed by atoms with Crippen molar-refractivity contribution in [2.75, 3.05) is 7.05 Å². The van der Waals surface area contributed by atoms with Gasteiger partial charge in [0.2, 0.25) is 0 Å². The molecular formula is C15H16N2O2. The quantitative estimate of drug-likeness (QED) is 0.672. The maximum Gasteiger partial charge on any atom is 0.270 e. The second-order valence-electron chi connectivity index (χ2n) is 4.41. The lowest BCUT2D eigenvalue weighted by atomic mass is 9.95. The molecule has 98 valence electrons. The fraction of sp³-hybridized carbons (Fsp3) is 0.200. The summed E-state index contributed by atoms with van der Waals surface area (Å²) in [5.41, 5.74) is 3.13. The van der Waals surface area contributed by atoms with Crippen molar-refractivity contribution in [3.63, 3.8) is 0 Å². The normalized spacial score (nSPS) is 12.1. The van der Waals surface area contributed by atoms with Crippen LogP contribution in [0.5, 0.6) is 0 Å². The molecule has 0 saturated carbocycles. The first-order valence-corrected chi connectivity index (χ1v) is 6.14. The lowest BCUT2D eigenvalue weighted by Crippen LogP contribution is -2.13. The van der Waals surface area contributed by atoms with Gasteiger partial charge in [0.25, 0.3) is 5.69 Å². The van der Waals surface area contributed by atoms with Crippen LogP contribution in [0.3, 0.4) is 0 Å². The van der Waals surface area contributed by atoms with Crippen molar-refractivity contribution in [3.05, 3.63) is 64.2 Å². The number of non-ortho nitro benzene ring substituents is 1. The maximum absolute atomic E-state index is 10.9. The molecule has 4 heteroatoms. The third-order valence-corrected chi connectivity index (χ3v) is 3.23. The van der Waals surface area contributed by atoms with Crippen molar-refractivity contribution < 1.29 is 4.92 Å². The largest absolute Gasteiger partial charge is 0.313 e. The Balaban J connectivity index is 2.52. The predicted octanol–water partition coefficient (Wildman–Crippen LogP) is 3.54. The molecule has 0 aliphatic heterocycles. The molecule has 0 spiro atoms. The number of nitro groups is 1. The van der Waals surface area contributed by atoms with Gasteiger partial charge in [0.1, 0.15) is 0 Å². The van der Waals surface area contributed by atoms with Crippen LogP contribution in [-0.2, 0) is 0 Å². The Morgan fingerprint density at radius 3 is 2.58 bits per heavy atom. The number of nitro benzene ring substituents is 1. The minimum absolute atomic E-state index is 0.115. The molecule has 2 aromatic rings. The molecule has 0 aliphatic rings. The highest BCUT2D eigenvalue weighted by Crippen LogP contribution is 2.30. The van der Waals surface area contributed by atoms with Gasteiger partial charge in [0.15, 0.2) is 0 Å². The Morgan fingerprint density at radius 1 is 1.16 bits per heavy atom. The van der Waals surface area contributed by atoms with E-state index in [1.165, 1.54) is 6.07 Å². The summed E-state index contributed by atoms with van der Waals surface area (Å²) >= 11 is 0. The molecule has 1 unspecified atom stereocenters. The molecule has 0 amide bonds. The molecule has 1 atom stereocenters. The molecule has 0 aliphatic carbocycles. The zero-order valence-corrected chi connectivity index (χ0v) is 11.0. The van der Waals surface area contributed by atoms with Crippen LogP contribution in [0.15, 0.2) is 48.5 Å². The highest BCUT2D eigenvalue weighted by molar-refractivity contribution is 5.70. The maximum atomic E-state index is 10.9. The van der Waals surface area contributed by atoms with E-state index in [1.54, 1.807) is 12.1 Å². The Kier molecular flexibility index (Phi) is 3.92. The molecular weight excluding hydrogens is 240 g/mol. The Morgan fingerprint density at radius 2 is 1.89 bits per heavy atom. The molecule has 1 N–H and O–H groups in total. The molecule has 2 aromatic carbocycles. The lowest BCUT2D eigenvalue weighted by Gasteiger charge is -2.15. The van der Waals surface area contributed by atoms with Gasteiger partial charge in [-0.1, -0.05) is 36.4 Å². The van der Waals surface area contributed by atoms with Crippen LogP contribution in [-0.4, -0.2) is 12.0 Å². The van der Waals surface area contributed by atoms with E-state index in [9.17, 15) is 10.1 Å². The summed E-state index contributed by atoms with van der Waals surface area (Å²) in [6.45, 7) is 2.07. The van der Waals surface area contributed by atoms with Crippen LogP contribution in [0.2, 0.25) is 0 Å². The minimum Gasteiger partial charge on any atom is -0.313 e. The number of hydrogen-bond acceptors (Lipinski definition) is 3. The zero-order valence-electron chi connectivity index (χ0n) is 11.0. The third-order valence-electron chi connectivity index (χ3n) is 3.23. The van der Waals surface area contributed by atoms with Gasteiger partial charge in [-0.3, -0.25) is 10.1 Å². The summed E-state index contributed by atoms with van der Waals surface area (Å²) in [5.74, 6) is 0. The first-order chi connectivity index (χ1) is 9.13. The monoisotopic (exact) mass is 256 g/mol. The van der Waals surface area contributed by atoms with Crippen LogP contribution in [0.4, 0.5) is 5.69 Å². The second-order valence-corrected chi connectivity index (χ2v) is 4.41. The van der Waals surface area contributed by atoms with Gasteiger partial charge >= 0.3 is 0 Å². The predicted molar refractivity (Wildman–Crippen MR) is 76.0 cm³/mol. The smallest absolute Gasteiger partial charge is 0.270 e. The summed E-state index contributed by atoms with van der Waals surface area (Å²) in [4.78, 5) is 10.5. The number of benzene rings is 2. The zero-order chi connectivity index (χ0) is 13.8. The standard InChI is InChI=1S/C15H16N2O2/c1-11(16-2)14-8-3-4-9-15(14)12-6-5-7-13(10-12)17(18)19/h3-11,16H,1-2H3. The second kappa shape index (κ2) is 5.63. The molecule has 19 heavy (non-hydrogen) atoms. The first kappa shape index (κ1) is 13.2. The summed E-state index contributed by atoms with van der Waals surface area (Å²) < 4.78 is 0. The molecule has 0 aromatic heterocycles. The van der Waals surface area contributed by atoms with E-state index in [1.807, 2.05) is 37.4 Å². The molecule has 0 fully saturated rings. The Bertz CT molecular complexity index is 596. The number of rotatable bonds is 4. The molecule has 0 heterocycles. The van der Waals surface area contributed by atoms with Crippen molar-refractivity contribution in [1.82, 2.24) is 5.32 Å². The molecule has 0 radical (unpaired) electrons. The average Bonchev–Trinajstić information content (AvgIpc) is 2.46. The van der Waals surface area contributed by atoms with E-state index >= 15 is 0 Å². The summed E-state index contributed by atoms with van der Waals surface area (Å²) in [6, 6.07) is 14.9. The van der Waals surface area contributed by atoms with Gasteiger partial charge < -0.3 is 5.32 Å². The van der Waals surface area contributed by atoms with Crippen molar-refractivity contribution >= 4 is 5.69 Å². The third kappa shape index (κ3) is 2.80. The molecule has 4 nitrogen and oxygen atoms in total. The number of nitrogens with zero attached hydrogens (tertiary/aromatic N) is 1. The van der Waals surface area contributed by atoms with E-state index in [2.05, 4.69) is 12.2 Å². The van der Waals surface area contributed by atoms with E-state index in [0.717, 1.165) is 16.7 Å². The summed E-state index contributed by atoms with van der Waals surface area (Å²) in [7, 11) is 1.90. The topological polar surface area (TPSA) is 55.2 Å². The van der Waals surface area contributed by atoms with E-state index in [-0.39, 0.29) is 16.7 Å². The van der Waals surface area contributed by atoms with Crippen molar-refractivity contribution in [2.45, 2.75) is 13.0 Å². The van der Waals surface area contributed by atoms with Crippen LogP contribution < -0.4 is 5.32 Å². The van der Waals surface area contributed by atoms with Gasteiger partial charge in [-0.2, -0.15) is 0 Å². The summed E-state index contributed by atoms with van der Waals surface area (Å²) in [6.07, 6.45) is 0. The Labute approximate surface area is 112 Å². The van der Waals surface area contributed by atoms with E-state index < -0.39 is 0 Å². The number of nitrogens with one attached hydrogen (secondary N) is 1. The van der Waals surface area contributed by atoms with Crippen LogP contribution in [0.1, 0.15) is 18.5 Å². The van der Waals surface area contributed by atoms with Crippen molar-refractivity contribution in [3.8, 4) is 11.1 Å². The van der Waals surface area contributed by atoms with E-state index in [4.69, 9.17) is 0 Å². The fourth-order valence-electron chi connectivity index (χ4n) is 2.08.